The van der Waals surface area contributed by atoms with Gasteiger partial charge in [-0.1, -0.05) is 42.0 Å². The van der Waals surface area contributed by atoms with E-state index in [0.29, 0.717) is 35.2 Å². The highest BCUT2D eigenvalue weighted by Gasteiger charge is 2.26. The Morgan fingerprint density at radius 3 is 2.44 bits per heavy atom. The monoisotopic (exact) mass is 457 g/mol. The Morgan fingerprint density at radius 1 is 0.971 bits per heavy atom. The lowest BCUT2D eigenvalue weighted by atomic mass is 10.0. The lowest BCUT2D eigenvalue weighted by Gasteiger charge is -2.24. The number of anilines is 2. The number of likely N-dealkylation sites (tertiary alicyclic amines) is 1. The van der Waals surface area contributed by atoms with Crippen molar-refractivity contribution in [3.63, 3.8) is 0 Å². The van der Waals surface area contributed by atoms with E-state index >= 15 is 0 Å². The molecule has 2 amide bonds. The van der Waals surface area contributed by atoms with Crippen LogP contribution >= 0.6 is 0 Å². The summed E-state index contributed by atoms with van der Waals surface area (Å²) in [6, 6.07) is 23.2. The van der Waals surface area contributed by atoms with Crippen molar-refractivity contribution >= 4 is 23.2 Å². The molecule has 176 valence electrons. The van der Waals surface area contributed by atoms with Gasteiger partial charge in [0.2, 0.25) is 5.91 Å². The highest BCUT2D eigenvalue weighted by molar-refractivity contribution is 6.05. The predicted molar refractivity (Wildman–Crippen MR) is 135 cm³/mol. The molecule has 3 aromatic carbocycles. The van der Waals surface area contributed by atoms with Crippen molar-refractivity contribution in [2.45, 2.75) is 32.2 Å². The van der Waals surface area contributed by atoms with E-state index in [9.17, 15) is 9.59 Å². The molecule has 1 saturated heterocycles. The number of ether oxygens (including phenoxy) is 1. The Kier molecular flexibility index (Phi) is 7.60. The number of hydrogen-bond donors (Lipinski definition) is 2. The zero-order chi connectivity index (χ0) is 23.9. The van der Waals surface area contributed by atoms with E-state index in [0.717, 1.165) is 25.9 Å². The van der Waals surface area contributed by atoms with E-state index in [1.54, 1.807) is 43.5 Å². The molecule has 0 bridgehead atoms. The second-order valence-corrected chi connectivity index (χ2v) is 8.63. The van der Waals surface area contributed by atoms with Crippen molar-refractivity contribution in [1.29, 1.82) is 0 Å². The van der Waals surface area contributed by atoms with Crippen LogP contribution in [0.3, 0.4) is 0 Å². The third kappa shape index (κ3) is 5.83. The number of rotatable bonds is 8. The summed E-state index contributed by atoms with van der Waals surface area (Å²) in [5, 5.41) is 5.80. The minimum Gasteiger partial charge on any atom is -0.495 e. The van der Waals surface area contributed by atoms with Crippen LogP contribution in [0.5, 0.6) is 5.75 Å². The average molecular weight is 458 g/mol. The Bertz CT molecular complexity index is 1130. The molecule has 6 nitrogen and oxygen atoms in total. The number of para-hydroxylation sites is 2. The van der Waals surface area contributed by atoms with Crippen molar-refractivity contribution in [1.82, 2.24) is 4.90 Å². The van der Waals surface area contributed by atoms with E-state index in [2.05, 4.69) is 46.7 Å². The number of methoxy groups -OCH3 is 1. The molecule has 0 saturated carbocycles. The number of carbonyl (C=O) groups excluding carboxylic acids is 2. The number of hydrogen-bond acceptors (Lipinski definition) is 4. The molecule has 1 unspecified atom stereocenters. The number of nitrogens with zero attached hydrogens (tertiary/aromatic N) is 1. The minimum atomic E-state index is -0.237. The quantitative estimate of drug-likeness (QED) is 0.474. The third-order valence-corrected chi connectivity index (χ3v) is 6.24. The maximum absolute atomic E-state index is 12.6. The van der Waals surface area contributed by atoms with Gasteiger partial charge in [-0.2, -0.15) is 0 Å². The van der Waals surface area contributed by atoms with Crippen LogP contribution in [-0.4, -0.2) is 36.9 Å². The van der Waals surface area contributed by atoms with Gasteiger partial charge in [-0.3, -0.25) is 14.5 Å². The topological polar surface area (TPSA) is 70.7 Å². The molecule has 4 rings (SSSR count). The van der Waals surface area contributed by atoms with Crippen LogP contribution in [-0.2, 0) is 4.79 Å². The number of nitrogens with one attached hydrogen (secondary N) is 2. The van der Waals surface area contributed by atoms with Gasteiger partial charge in [-0.25, -0.2) is 0 Å². The fraction of sp³-hybridized carbons (Fsp3) is 0.286. The maximum atomic E-state index is 12.6. The SMILES string of the molecule is COc1ccccc1NC(=O)c1ccc(NC(=O)CCN2CCCC2c2ccc(C)cc2)cc1. The molecule has 1 fully saturated rings. The van der Waals surface area contributed by atoms with E-state index in [1.165, 1.54) is 11.1 Å². The van der Waals surface area contributed by atoms with Gasteiger partial charge >= 0.3 is 0 Å². The van der Waals surface area contributed by atoms with E-state index in [-0.39, 0.29) is 11.8 Å². The normalized spacial score (nSPS) is 15.6. The summed E-state index contributed by atoms with van der Waals surface area (Å²) in [7, 11) is 1.56. The summed E-state index contributed by atoms with van der Waals surface area (Å²) in [6.07, 6.45) is 2.71. The zero-order valence-corrected chi connectivity index (χ0v) is 19.7. The van der Waals surface area contributed by atoms with Crippen LogP contribution in [0.2, 0.25) is 0 Å². The van der Waals surface area contributed by atoms with Crippen molar-refractivity contribution in [2.24, 2.45) is 0 Å². The van der Waals surface area contributed by atoms with Crippen LogP contribution in [0.25, 0.3) is 0 Å². The summed E-state index contributed by atoms with van der Waals surface area (Å²) in [5.74, 6) is 0.335. The highest BCUT2D eigenvalue weighted by Crippen LogP contribution is 2.32. The van der Waals surface area contributed by atoms with Gasteiger partial charge in [0.25, 0.3) is 5.91 Å². The van der Waals surface area contributed by atoms with E-state index < -0.39 is 0 Å². The number of benzene rings is 3. The summed E-state index contributed by atoms with van der Waals surface area (Å²) < 4.78 is 5.28. The van der Waals surface area contributed by atoms with Gasteiger partial charge in [0.1, 0.15) is 5.75 Å². The molecule has 6 heteroatoms. The lowest BCUT2D eigenvalue weighted by Crippen LogP contribution is -2.27. The van der Waals surface area contributed by atoms with Crippen molar-refractivity contribution in [2.75, 3.05) is 30.8 Å². The minimum absolute atomic E-state index is 0.0271. The van der Waals surface area contributed by atoms with Crippen LogP contribution in [0.1, 0.15) is 46.8 Å². The van der Waals surface area contributed by atoms with Gasteiger partial charge in [0, 0.05) is 30.3 Å². The number of aryl methyl sites for hydroxylation is 1. The summed E-state index contributed by atoms with van der Waals surface area (Å²) >= 11 is 0. The average Bonchev–Trinajstić information content (AvgIpc) is 3.32. The fourth-order valence-corrected chi connectivity index (χ4v) is 4.38. The Balaban J connectivity index is 1.29. The van der Waals surface area contributed by atoms with Crippen molar-refractivity contribution in [3.8, 4) is 5.75 Å². The molecule has 3 aromatic rings. The second kappa shape index (κ2) is 11.0. The summed E-state index contributed by atoms with van der Waals surface area (Å²) in [4.78, 5) is 27.5. The Morgan fingerprint density at radius 2 is 1.71 bits per heavy atom. The van der Waals surface area contributed by atoms with Gasteiger partial charge < -0.3 is 15.4 Å². The smallest absolute Gasteiger partial charge is 0.255 e. The lowest BCUT2D eigenvalue weighted by molar-refractivity contribution is -0.116. The maximum Gasteiger partial charge on any atom is 0.255 e. The molecular weight excluding hydrogens is 426 g/mol. The highest BCUT2D eigenvalue weighted by atomic mass is 16.5. The molecule has 2 N–H and O–H groups in total. The number of carbonyl (C=O) groups is 2. The standard InChI is InChI=1S/C28H31N3O3/c1-20-9-11-21(12-10-20)25-7-5-18-31(25)19-17-27(32)29-23-15-13-22(14-16-23)28(33)30-24-6-3-4-8-26(24)34-2/h3-4,6,8-16,25H,5,7,17-19H2,1-2H3,(H,29,32)(H,30,33). The summed E-state index contributed by atoms with van der Waals surface area (Å²) in [5.41, 5.74) is 4.37. The van der Waals surface area contributed by atoms with Crippen LogP contribution < -0.4 is 15.4 Å². The molecule has 1 aliphatic heterocycles. The molecule has 1 atom stereocenters. The first-order valence-electron chi connectivity index (χ1n) is 11.7. The molecule has 1 heterocycles. The fourth-order valence-electron chi connectivity index (χ4n) is 4.38. The number of amides is 2. The Labute approximate surface area is 200 Å². The first-order valence-corrected chi connectivity index (χ1v) is 11.7. The largest absolute Gasteiger partial charge is 0.495 e. The molecule has 0 aliphatic carbocycles. The third-order valence-electron chi connectivity index (χ3n) is 6.24. The summed E-state index contributed by atoms with van der Waals surface area (Å²) in [6.45, 7) is 3.84. The van der Waals surface area contributed by atoms with Gasteiger partial charge in [-0.05, 0) is 68.3 Å². The van der Waals surface area contributed by atoms with Crippen LogP contribution in [0.4, 0.5) is 11.4 Å². The van der Waals surface area contributed by atoms with Crippen molar-refractivity contribution in [3.05, 3.63) is 89.5 Å². The molecule has 34 heavy (non-hydrogen) atoms. The van der Waals surface area contributed by atoms with Gasteiger partial charge in [-0.15, -0.1) is 0 Å². The van der Waals surface area contributed by atoms with Gasteiger partial charge in [0.05, 0.1) is 12.8 Å². The van der Waals surface area contributed by atoms with E-state index in [4.69, 9.17) is 4.74 Å². The molecule has 0 spiro atoms. The molecule has 0 aromatic heterocycles. The Hall–Kier alpha value is -3.64. The molecule has 0 radical (unpaired) electrons. The first kappa shape index (κ1) is 23.5. The predicted octanol–water partition coefficient (Wildman–Crippen LogP) is 5.42. The zero-order valence-electron chi connectivity index (χ0n) is 19.7. The first-order chi connectivity index (χ1) is 16.5. The second-order valence-electron chi connectivity index (χ2n) is 8.63. The molecular formula is C28H31N3O3. The van der Waals surface area contributed by atoms with Crippen molar-refractivity contribution < 1.29 is 14.3 Å². The van der Waals surface area contributed by atoms with E-state index in [1.807, 2.05) is 12.1 Å². The molecule has 1 aliphatic rings. The van der Waals surface area contributed by atoms with Crippen LogP contribution in [0, 0.1) is 6.92 Å². The van der Waals surface area contributed by atoms with Crippen LogP contribution in [0.15, 0.2) is 72.8 Å². The van der Waals surface area contributed by atoms with Gasteiger partial charge in [0.15, 0.2) is 0 Å².